The van der Waals surface area contributed by atoms with Crippen molar-refractivity contribution in [2.45, 2.75) is 72.6 Å². The van der Waals surface area contributed by atoms with Crippen molar-refractivity contribution in [3.63, 3.8) is 0 Å². The Kier molecular flexibility index (Phi) is 5.01. The van der Waals surface area contributed by atoms with Crippen LogP contribution in [0.25, 0.3) is 0 Å². The number of hydrogen-bond acceptors (Lipinski definition) is 2. The number of allylic oxidation sites excluding steroid dienone is 2. The van der Waals surface area contributed by atoms with Gasteiger partial charge in [-0.2, -0.15) is 0 Å². The maximum absolute atomic E-state index is 12.3. The predicted octanol–water partition coefficient (Wildman–Crippen LogP) is 4.79. The molecule has 2 nitrogen and oxygen atoms in total. The van der Waals surface area contributed by atoms with Crippen LogP contribution < -0.4 is 0 Å². The first kappa shape index (κ1) is 15.3. The number of aliphatic hydroxyl groups excluding tert-OH is 1. The Hall–Kier alpha value is -0.790. The van der Waals surface area contributed by atoms with Gasteiger partial charge >= 0.3 is 0 Å². The van der Waals surface area contributed by atoms with Crippen molar-refractivity contribution in [2.75, 3.05) is 0 Å². The van der Waals surface area contributed by atoms with Crippen LogP contribution in [0.1, 0.15) is 72.6 Å². The molecule has 1 saturated carbocycles. The molecule has 0 aliphatic heterocycles. The molecule has 0 aromatic heterocycles. The number of aliphatic hydroxyl groups is 1. The minimum atomic E-state index is -0.320. The molecule has 0 aromatic rings. The van der Waals surface area contributed by atoms with Gasteiger partial charge in [-0.15, -0.1) is 0 Å². The Morgan fingerprint density at radius 1 is 1.22 bits per heavy atom. The van der Waals surface area contributed by atoms with E-state index in [4.69, 9.17) is 0 Å². The van der Waals surface area contributed by atoms with Gasteiger partial charge in [0.15, 0.2) is 5.78 Å². The monoisotopic (exact) mass is 252 g/mol. The quantitative estimate of drug-likeness (QED) is 0.564. The number of rotatable bonds is 5. The second-order valence-corrected chi connectivity index (χ2v) is 6.28. The van der Waals surface area contributed by atoms with Gasteiger partial charge in [-0.1, -0.05) is 47.0 Å². The molecular weight excluding hydrogens is 224 g/mol. The average Bonchev–Trinajstić information content (AvgIpc) is 2.38. The summed E-state index contributed by atoms with van der Waals surface area (Å²) in [5.74, 6) is 0.386. The summed E-state index contributed by atoms with van der Waals surface area (Å²) in [6.07, 6.45) is 8.71. The molecule has 1 fully saturated rings. The number of carbonyl (C=O) groups excluding carboxylic acids is 1. The van der Waals surface area contributed by atoms with Crippen LogP contribution in [-0.4, -0.2) is 10.9 Å². The van der Waals surface area contributed by atoms with Crippen LogP contribution in [0.4, 0.5) is 0 Å². The van der Waals surface area contributed by atoms with Crippen LogP contribution in [0.3, 0.4) is 0 Å². The molecule has 1 aliphatic rings. The van der Waals surface area contributed by atoms with E-state index in [9.17, 15) is 9.90 Å². The highest BCUT2D eigenvalue weighted by Crippen LogP contribution is 2.41. The Labute approximate surface area is 111 Å². The van der Waals surface area contributed by atoms with Crippen molar-refractivity contribution >= 4 is 5.78 Å². The average molecular weight is 252 g/mol. The standard InChI is InChI=1S/C16H28O2/c1-5-15(3,6-2)13(17)12-14(18)16(4)10-8-7-9-11-16/h12,18H,5-11H2,1-4H3/b14-12-. The lowest BCUT2D eigenvalue weighted by Gasteiger charge is -2.33. The predicted molar refractivity (Wildman–Crippen MR) is 75.6 cm³/mol. The minimum absolute atomic E-state index is 0.0804. The molecule has 0 aromatic carbocycles. The maximum atomic E-state index is 12.3. The molecule has 1 aliphatic carbocycles. The van der Waals surface area contributed by atoms with E-state index < -0.39 is 0 Å². The number of hydrogen-bond donors (Lipinski definition) is 1. The van der Waals surface area contributed by atoms with Gasteiger partial charge in [0.1, 0.15) is 5.76 Å². The summed E-state index contributed by atoms with van der Waals surface area (Å²) in [5, 5.41) is 10.3. The highest BCUT2D eigenvalue weighted by atomic mass is 16.3. The van der Waals surface area contributed by atoms with Gasteiger partial charge in [0, 0.05) is 16.9 Å². The summed E-state index contributed by atoms with van der Waals surface area (Å²) in [6, 6.07) is 0. The molecule has 0 amide bonds. The Bertz CT molecular complexity index is 318. The summed E-state index contributed by atoms with van der Waals surface area (Å²) in [6.45, 7) is 8.14. The van der Waals surface area contributed by atoms with Crippen molar-refractivity contribution in [3.8, 4) is 0 Å². The van der Waals surface area contributed by atoms with Crippen LogP contribution in [0.5, 0.6) is 0 Å². The third kappa shape index (κ3) is 3.15. The van der Waals surface area contributed by atoms with Crippen LogP contribution in [0, 0.1) is 10.8 Å². The van der Waals surface area contributed by atoms with E-state index in [1.54, 1.807) is 0 Å². The first-order valence-electron chi connectivity index (χ1n) is 7.33. The lowest BCUT2D eigenvalue weighted by molar-refractivity contribution is -0.123. The van der Waals surface area contributed by atoms with Crippen molar-refractivity contribution in [3.05, 3.63) is 11.8 Å². The van der Waals surface area contributed by atoms with Gasteiger partial charge in [0.2, 0.25) is 0 Å². The Morgan fingerprint density at radius 2 is 1.72 bits per heavy atom. The lowest BCUT2D eigenvalue weighted by Crippen LogP contribution is -2.28. The third-order valence-electron chi connectivity index (χ3n) is 5.00. The summed E-state index contributed by atoms with van der Waals surface area (Å²) in [4.78, 5) is 12.3. The van der Waals surface area contributed by atoms with Gasteiger partial charge < -0.3 is 5.11 Å². The summed E-state index contributed by atoms with van der Waals surface area (Å²) < 4.78 is 0. The van der Waals surface area contributed by atoms with Crippen LogP contribution in [0.2, 0.25) is 0 Å². The first-order valence-corrected chi connectivity index (χ1v) is 7.33. The molecule has 0 atom stereocenters. The molecule has 2 heteroatoms. The highest BCUT2D eigenvalue weighted by molar-refractivity contribution is 5.94. The summed E-state index contributed by atoms with van der Waals surface area (Å²) in [5.41, 5.74) is -0.491. The molecule has 18 heavy (non-hydrogen) atoms. The van der Waals surface area contributed by atoms with E-state index >= 15 is 0 Å². The van der Waals surface area contributed by atoms with E-state index in [2.05, 4.69) is 6.92 Å². The molecule has 1 rings (SSSR count). The number of ketones is 1. The van der Waals surface area contributed by atoms with E-state index in [1.807, 2.05) is 20.8 Å². The third-order valence-corrected chi connectivity index (χ3v) is 5.00. The molecule has 1 N–H and O–H groups in total. The fourth-order valence-electron chi connectivity index (χ4n) is 2.66. The van der Waals surface area contributed by atoms with Crippen molar-refractivity contribution in [1.82, 2.24) is 0 Å². The summed E-state index contributed by atoms with van der Waals surface area (Å²) >= 11 is 0. The van der Waals surface area contributed by atoms with Crippen molar-refractivity contribution < 1.29 is 9.90 Å². The van der Waals surface area contributed by atoms with Crippen LogP contribution >= 0.6 is 0 Å². The second-order valence-electron chi connectivity index (χ2n) is 6.28. The second kappa shape index (κ2) is 5.90. The fourth-order valence-corrected chi connectivity index (χ4v) is 2.66. The molecular formula is C16H28O2. The Morgan fingerprint density at radius 3 is 2.17 bits per heavy atom. The van der Waals surface area contributed by atoms with E-state index in [1.165, 1.54) is 12.5 Å². The zero-order valence-electron chi connectivity index (χ0n) is 12.4. The molecule has 104 valence electrons. The van der Waals surface area contributed by atoms with Crippen molar-refractivity contribution in [1.29, 1.82) is 0 Å². The molecule has 0 heterocycles. The smallest absolute Gasteiger partial charge is 0.164 e. The van der Waals surface area contributed by atoms with Gasteiger partial charge in [-0.25, -0.2) is 0 Å². The minimum Gasteiger partial charge on any atom is -0.512 e. The van der Waals surface area contributed by atoms with Crippen LogP contribution in [-0.2, 0) is 4.79 Å². The molecule has 0 saturated heterocycles. The van der Waals surface area contributed by atoms with Crippen LogP contribution in [0.15, 0.2) is 11.8 Å². The topological polar surface area (TPSA) is 37.3 Å². The largest absolute Gasteiger partial charge is 0.512 e. The zero-order valence-corrected chi connectivity index (χ0v) is 12.4. The molecule has 0 radical (unpaired) electrons. The van der Waals surface area contributed by atoms with Gasteiger partial charge in [0.25, 0.3) is 0 Å². The maximum Gasteiger partial charge on any atom is 0.164 e. The zero-order chi connectivity index (χ0) is 13.8. The van der Waals surface area contributed by atoms with Gasteiger partial charge in [-0.05, 0) is 25.7 Å². The van der Waals surface area contributed by atoms with Gasteiger partial charge in [0.05, 0.1) is 0 Å². The van der Waals surface area contributed by atoms with E-state index in [0.717, 1.165) is 38.5 Å². The first-order chi connectivity index (χ1) is 8.38. The fraction of sp³-hybridized carbons (Fsp3) is 0.812. The normalized spacial score (nSPS) is 20.8. The highest BCUT2D eigenvalue weighted by Gasteiger charge is 2.34. The Balaban J connectivity index is 2.85. The van der Waals surface area contributed by atoms with Gasteiger partial charge in [-0.3, -0.25) is 4.79 Å². The molecule has 0 spiro atoms. The number of carbonyl (C=O) groups is 1. The SMILES string of the molecule is CCC(C)(CC)C(=O)/C=C(\O)C1(C)CCCCC1. The van der Waals surface area contributed by atoms with E-state index in [0.29, 0.717) is 5.76 Å². The molecule has 0 unspecified atom stereocenters. The van der Waals surface area contributed by atoms with Crippen molar-refractivity contribution in [2.24, 2.45) is 10.8 Å². The molecule has 0 bridgehead atoms. The lowest BCUT2D eigenvalue weighted by atomic mass is 9.72. The van der Waals surface area contributed by atoms with E-state index in [-0.39, 0.29) is 16.6 Å². The summed E-state index contributed by atoms with van der Waals surface area (Å²) in [7, 11) is 0.